The van der Waals surface area contributed by atoms with Crippen molar-refractivity contribution in [3.63, 3.8) is 0 Å². The first-order valence-corrected chi connectivity index (χ1v) is 6.45. The average molecular weight is 287 g/mol. The van der Waals surface area contributed by atoms with Crippen LogP contribution in [0.5, 0.6) is 0 Å². The number of likely N-dealkylation sites (N-methyl/N-ethyl adjacent to an activating group) is 1. The topological polar surface area (TPSA) is 117 Å². The number of hydrogen-bond donors (Lipinski definition) is 3. The Hall–Kier alpha value is -1.79. The van der Waals surface area contributed by atoms with Gasteiger partial charge in [0.15, 0.2) is 0 Å². The molecule has 116 valence electrons. The molecule has 1 fully saturated rings. The summed E-state index contributed by atoms with van der Waals surface area (Å²) in [5.41, 5.74) is 5.00. The molecule has 20 heavy (non-hydrogen) atoms. The molecule has 0 aromatic carbocycles. The maximum atomic E-state index is 11.8. The van der Waals surface area contributed by atoms with E-state index in [2.05, 4.69) is 0 Å². The number of carbonyl (C=O) groups is 2. The smallest absolute Gasteiger partial charge is 0.410 e. The summed E-state index contributed by atoms with van der Waals surface area (Å²) in [6.45, 7) is 6.54. The number of rotatable bonds is 3. The van der Waals surface area contributed by atoms with E-state index < -0.39 is 17.7 Å². The third-order valence-electron chi connectivity index (χ3n) is 2.49. The lowest BCUT2D eigenvalue weighted by atomic mass is 10.1. The molecule has 1 rings (SSSR count). The van der Waals surface area contributed by atoms with Crippen LogP contribution in [0.4, 0.5) is 4.79 Å². The quantitative estimate of drug-likeness (QED) is 0.539. The van der Waals surface area contributed by atoms with Crippen molar-refractivity contribution in [3.05, 3.63) is 0 Å². The van der Waals surface area contributed by atoms with Gasteiger partial charge in [0.1, 0.15) is 11.4 Å². The first-order valence-electron chi connectivity index (χ1n) is 6.45. The third-order valence-corrected chi connectivity index (χ3v) is 2.49. The number of amides is 1. The SMILES string of the molecule is CC(=O)O.CN(C(=O)OC(C)(C)C)C(C(=N)N)C1CC1. The zero-order valence-electron chi connectivity index (χ0n) is 12.8. The van der Waals surface area contributed by atoms with Crippen molar-refractivity contribution in [1.29, 1.82) is 5.41 Å². The minimum Gasteiger partial charge on any atom is -0.481 e. The molecule has 1 amide bonds. The van der Waals surface area contributed by atoms with Gasteiger partial charge in [-0.25, -0.2) is 4.79 Å². The Morgan fingerprint density at radius 2 is 1.80 bits per heavy atom. The number of nitrogens with two attached hydrogens (primary N) is 1. The van der Waals surface area contributed by atoms with Crippen LogP contribution >= 0.6 is 0 Å². The van der Waals surface area contributed by atoms with Crippen LogP contribution in [-0.2, 0) is 9.53 Å². The van der Waals surface area contributed by atoms with Gasteiger partial charge in [-0.15, -0.1) is 0 Å². The van der Waals surface area contributed by atoms with Gasteiger partial charge in [-0.05, 0) is 39.5 Å². The molecule has 0 bridgehead atoms. The van der Waals surface area contributed by atoms with E-state index in [-0.39, 0.29) is 11.9 Å². The standard InChI is InChI=1S/C11H21N3O2.C2H4O2/c1-11(2,3)16-10(15)14(4)8(9(12)13)7-5-6-7;1-2(3)4/h7-8H,5-6H2,1-4H3,(H3,12,13);1H3,(H,3,4). The number of ether oxygens (including phenoxy) is 1. The van der Waals surface area contributed by atoms with Crippen molar-refractivity contribution in [3.8, 4) is 0 Å². The number of nitrogens with zero attached hydrogens (tertiary/aromatic N) is 1. The fourth-order valence-electron chi connectivity index (χ4n) is 1.64. The van der Waals surface area contributed by atoms with Crippen molar-refractivity contribution < 1.29 is 19.4 Å². The van der Waals surface area contributed by atoms with Gasteiger partial charge in [0.25, 0.3) is 5.97 Å². The molecule has 0 spiro atoms. The van der Waals surface area contributed by atoms with Crippen LogP contribution in [0.3, 0.4) is 0 Å². The first kappa shape index (κ1) is 18.2. The van der Waals surface area contributed by atoms with Crippen LogP contribution in [0.1, 0.15) is 40.5 Å². The molecule has 1 atom stereocenters. The number of nitrogens with one attached hydrogen (secondary N) is 1. The van der Waals surface area contributed by atoms with E-state index in [0.717, 1.165) is 19.8 Å². The number of carbonyl (C=O) groups excluding carboxylic acids is 1. The van der Waals surface area contributed by atoms with Crippen LogP contribution in [0.25, 0.3) is 0 Å². The summed E-state index contributed by atoms with van der Waals surface area (Å²) < 4.78 is 5.24. The van der Waals surface area contributed by atoms with E-state index >= 15 is 0 Å². The molecular formula is C13H25N3O4. The predicted molar refractivity (Wildman–Crippen MR) is 75.7 cm³/mol. The average Bonchev–Trinajstić information content (AvgIpc) is 2.97. The van der Waals surface area contributed by atoms with E-state index in [9.17, 15) is 4.79 Å². The molecular weight excluding hydrogens is 262 g/mol. The highest BCUT2D eigenvalue weighted by Crippen LogP contribution is 2.35. The molecule has 1 aliphatic rings. The fraction of sp³-hybridized carbons (Fsp3) is 0.769. The fourth-order valence-corrected chi connectivity index (χ4v) is 1.64. The van der Waals surface area contributed by atoms with Gasteiger partial charge >= 0.3 is 6.09 Å². The van der Waals surface area contributed by atoms with E-state index in [4.69, 9.17) is 25.8 Å². The molecule has 1 aliphatic carbocycles. The summed E-state index contributed by atoms with van der Waals surface area (Å²) in [7, 11) is 1.64. The van der Waals surface area contributed by atoms with Gasteiger partial charge in [0.05, 0.1) is 6.04 Å². The number of hydrogen-bond acceptors (Lipinski definition) is 4. The van der Waals surface area contributed by atoms with Crippen LogP contribution < -0.4 is 5.73 Å². The Morgan fingerprint density at radius 3 is 2.05 bits per heavy atom. The van der Waals surface area contributed by atoms with Crippen molar-refractivity contribution >= 4 is 17.9 Å². The second kappa shape index (κ2) is 7.12. The predicted octanol–water partition coefficient (Wildman–Crippen LogP) is 1.66. The highest BCUT2D eigenvalue weighted by atomic mass is 16.6. The summed E-state index contributed by atoms with van der Waals surface area (Å²) in [5, 5.41) is 14.9. The molecule has 0 saturated heterocycles. The molecule has 0 radical (unpaired) electrons. The maximum Gasteiger partial charge on any atom is 0.410 e. The van der Waals surface area contributed by atoms with Gasteiger partial charge in [0, 0.05) is 14.0 Å². The lowest BCUT2D eigenvalue weighted by Crippen LogP contribution is -2.48. The highest BCUT2D eigenvalue weighted by Gasteiger charge is 2.39. The Bertz CT molecular complexity index is 368. The largest absolute Gasteiger partial charge is 0.481 e. The number of aliphatic carboxylic acids is 1. The molecule has 1 saturated carbocycles. The Morgan fingerprint density at radius 1 is 1.40 bits per heavy atom. The van der Waals surface area contributed by atoms with E-state index in [1.165, 1.54) is 4.90 Å². The lowest BCUT2D eigenvalue weighted by Gasteiger charge is -2.30. The second-order valence-electron chi connectivity index (χ2n) is 5.85. The molecule has 0 aliphatic heterocycles. The first-order chi connectivity index (χ1) is 8.95. The van der Waals surface area contributed by atoms with E-state index in [1.54, 1.807) is 7.05 Å². The molecule has 0 aromatic heterocycles. The van der Waals surface area contributed by atoms with E-state index in [1.807, 2.05) is 20.8 Å². The molecule has 4 N–H and O–H groups in total. The zero-order chi connectivity index (χ0) is 16.1. The Balaban J connectivity index is 0.000000796. The summed E-state index contributed by atoms with van der Waals surface area (Å²) in [4.78, 5) is 22.2. The number of carboxylic acid groups (broad SMARTS) is 1. The van der Waals surface area contributed by atoms with Crippen LogP contribution in [0, 0.1) is 11.3 Å². The minimum absolute atomic E-state index is 0.0378. The normalized spacial score (nSPS) is 15.4. The number of carboxylic acids is 1. The van der Waals surface area contributed by atoms with Gasteiger partial charge in [-0.1, -0.05) is 0 Å². The van der Waals surface area contributed by atoms with Gasteiger partial charge < -0.3 is 20.5 Å². The molecule has 7 nitrogen and oxygen atoms in total. The molecule has 0 heterocycles. The lowest BCUT2D eigenvalue weighted by molar-refractivity contribution is -0.134. The van der Waals surface area contributed by atoms with Crippen molar-refractivity contribution in [2.75, 3.05) is 7.05 Å². The van der Waals surface area contributed by atoms with Crippen molar-refractivity contribution in [2.45, 2.75) is 52.2 Å². The number of amidine groups is 1. The van der Waals surface area contributed by atoms with Crippen molar-refractivity contribution in [1.82, 2.24) is 4.90 Å². The van der Waals surface area contributed by atoms with Gasteiger partial charge in [-0.2, -0.15) is 0 Å². The monoisotopic (exact) mass is 287 g/mol. The van der Waals surface area contributed by atoms with Gasteiger partial charge in [0.2, 0.25) is 0 Å². The maximum absolute atomic E-state index is 11.8. The highest BCUT2D eigenvalue weighted by molar-refractivity contribution is 5.87. The van der Waals surface area contributed by atoms with Crippen LogP contribution in [0.2, 0.25) is 0 Å². The van der Waals surface area contributed by atoms with Crippen LogP contribution in [0.15, 0.2) is 0 Å². The third kappa shape index (κ3) is 7.60. The van der Waals surface area contributed by atoms with Gasteiger partial charge in [-0.3, -0.25) is 10.2 Å². The molecule has 7 heteroatoms. The van der Waals surface area contributed by atoms with Crippen LogP contribution in [-0.4, -0.2) is 46.6 Å². The summed E-state index contributed by atoms with van der Waals surface area (Å²) >= 11 is 0. The zero-order valence-corrected chi connectivity index (χ0v) is 12.8. The summed E-state index contributed by atoms with van der Waals surface area (Å²) in [5.74, 6) is -0.467. The summed E-state index contributed by atoms with van der Waals surface area (Å²) in [6.07, 6.45) is 1.63. The Labute approximate surface area is 119 Å². The Kier molecular flexibility index (Phi) is 6.48. The molecule has 0 aromatic rings. The van der Waals surface area contributed by atoms with Crippen molar-refractivity contribution in [2.24, 2.45) is 11.7 Å². The van der Waals surface area contributed by atoms with E-state index in [0.29, 0.717) is 5.92 Å². The molecule has 1 unspecified atom stereocenters. The second-order valence-corrected chi connectivity index (χ2v) is 5.85. The summed E-state index contributed by atoms with van der Waals surface area (Å²) in [6, 6.07) is -0.310. The minimum atomic E-state index is -0.833.